The lowest BCUT2D eigenvalue weighted by Crippen LogP contribution is -2.39. The minimum Gasteiger partial charge on any atom is -0.376 e. The summed E-state index contributed by atoms with van der Waals surface area (Å²) in [5.74, 6) is 0.137. The molecule has 1 N–H and O–H groups in total. The molecule has 30 heavy (non-hydrogen) atoms. The molecule has 0 bridgehead atoms. The number of hydrogen-bond acceptors (Lipinski definition) is 4. The lowest BCUT2D eigenvalue weighted by Gasteiger charge is -2.33. The van der Waals surface area contributed by atoms with Gasteiger partial charge in [0.15, 0.2) is 0 Å². The van der Waals surface area contributed by atoms with Crippen LogP contribution in [0.25, 0.3) is 0 Å². The fourth-order valence-corrected chi connectivity index (χ4v) is 3.94. The summed E-state index contributed by atoms with van der Waals surface area (Å²) in [7, 11) is 4.08. The van der Waals surface area contributed by atoms with Gasteiger partial charge in [0, 0.05) is 44.5 Å². The van der Waals surface area contributed by atoms with Crippen molar-refractivity contribution in [3.63, 3.8) is 0 Å². The quantitative estimate of drug-likeness (QED) is 0.690. The van der Waals surface area contributed by atoms with Crippen LogP contribution in [0.3, 0.4) is 0 Å². The first-order chi connectivity index (χ1) is 14.4. The van der Waals surface area contributed by atoms with Crippen molar-refractivity contribution in [3.8, 4) is 0 Å². The topological polar surface area (TPSA) is 38.8 Å². The second kappa shape index (κ2) is 10.6. The Labute approximate surface area is 181 Å². The van der Waals surface area contributed by atoms with Crippen molar-refractivity contribution >= 4 is 11.6 Å². The Kier molecular flexibility index (Phi) is 7.88. The third-order valence-electron chi connectivity index (χ3n) is 5.84. The SMILES string of the molecule is CC(C)N1CCc2c(cccc2NCC(=O)N(CCN(C)C)Cc2ccccc2)C1. The molecule has 5 nitrogen and oxygen atoms in total. The third-order valence-corrected chi connectivity index (χ3v) is 5.84. The van der Waals surface area contributed by atoms with Gasteiger partial charge in [0.25, 0.3) is 0 Å². The maximum absolute atomic E-state index is 13.1. The third kappa shape index (κ3) is 6.07. The summed E-state index contributed by atoms with van der Waals surface area (Å²) >= 11 is 0. The van der Waals surface area contributed by atoms with Crippen molar-refractivity contribution in [3.05, 3.63) is 65.2 Å². The van der Waals surface area contributed by atoms with E-state index in [1.165, 1.54) is 11.1 Å². The average Bonchev–Trinajstić information content (AvgIpc) is 2.75. The van der Waals surface area contributed by atoms with E-state index in [2.05, 4.69) is 59.3 Å². The highest BCUT2D eigenvalue weighted by Crippen LogP contribution is 2.27. The number of amides is 1. The number of hydrogen-bond donors (Lipinski definition) is 1. The van der Waals surface area contributed by atoms with Crippen LogP contribution in [0.2, 0.25) is 0 Å². The maximum Gasteiger partial charge on any atom is 0.242 e. The summed E-state index contributed by atoms with van der Waals surface area (Å²) in [4.78, 5) is 19.7. The number of benzene rings is 2. The second-order valence-corrected chi connectivity index (χ2v) is 8.72. The number of fused-ring (bicyclic) bond motifs is 1. The minimum absolute atomic E-state index is 0.137. The van der Waals surface area contributed by atoms with Gasteiger partial charge in [-0.2, -0.15) is 0 Å². The molecule has 162 valence electrons. The van der Waals surface area contributed by atoms with E-state index in [4.69, 9.17) is 0 Å². The van der Waals surface area contributed by atoms with Crippen LogP contribution in [-0.4, -0.2) is 66.9 Å². The molecule has 0 saturated heterocycles. The Bertz CT molecular complexity index is 819. The normalized spacial score (nSPS) is 14.1. The lowest BCUT2D eigenvalue weighted by molar-refractivity contribution is -0.130. The molecule has 1 aliphatic rings. The van der Waals surface area contributed by atoms with Crippen LogP contribution in [0.4, 0.5) is 5.69 Å². The van der Waals surface area contributed by atoms with Crippen molar-refractivity contribution in [2.24, 2.45) is 0 Å². The average molecular weight is 409 g/mol. The Hall–Kier alpha value is -2.37. The molecule has 0 saturated carbocycles. The van der Waals surface area contributed by atoms with Gasteiger partial charge in [-0.05, 0) is 57.1 Å². The molecule has 3 rings (SSSR count). The van der Waals surface area contributed by atoms with E-state index in [0.717, 1.165) is 43.9 Å². The predicted octanol–water partition coefficient (Wildman–Crippen LogP) is 3.46. The zero-order valence-corrected chi connectivity index (χ0v) is 18.9. The van der Waals surface area contributed by atoms with Crippen LogP contribution in [0.1, 0.15) is 30.5 Å². The zero-order valence-electron chi connectivity index (χ0n) is 18.9. The molecule has 0 radical (unpaired) electrons. The van der Waals surface area contributed by atoms with Crippen LogP contribution in [0.5, 0.6) is 0 Å². The van der Waals surface area contributed by atoms with Gasteiger partial charge in [0.1, 0.15) is 0 Å². The second-order valence-electron chi connectivity index (χ2n) is 8.72. The van der Waals surface area contributed by atoms with Crippen LogP contribution < -0.4 is 5.32 Å². The fraction of sp³-hybridized carbons (Fsp3) is 0.480. The number of anilines is 1. The standard InChI is InChI=1S/C25H36N4O/c1-20(2)28-14-13-23-22(19-28)11-8-12-24(23)26-17-25(30)29(16-15-27(3)4)18-21-9-6-5-7-10-21/h5-12,20,26H,13-19H2,1-4H3. The number of carbonyl (C=O) groups excluding carboxylic acids is 1. The predicted molar refractivity (Wildman–Crippen MR) is 125 cm³/mol. The van der Waals surface area contributed by atoms with E-state index >= 15 is 0 Å². The van der Waals surface area contributed by atoms with E-state index in [-0.39, 0.29) is 5.91 Å². The van der Waals surface area contributed by atoms with E-state index in [1.54, 1.807) is 0 Å². The van der Waals surface area contributed by atoms with Gasteiger partial charge in [0.2, 0.25) is 5.91 Å². The molecule has 0 spiro atoms. The van der Waals surface area contributed by atoms with E-state index in [9.17, 15) is 4.79 Å². The minimum atomic E-state index is 0.137. The van der Waals surface area contributed by atoms with Gasteiger partial charge in [-0.1, -0.05) is 42.5 Å². The van der Waals surface area contributed by atoms with Crippen LogP contribution in [0.15, 0.2) is 48.5 Å². The fourth-order valence-electron chi connectivity index (χ4n) is 3.94. The Morgan fingerprint density at radius 2 is 1.83 bits per heavy atom. The first-order valence-corrected chi connectivity index (χ1v) is 11.0. The molecular weight excluding hydrogens is 372 g/mol. The number of nitrogens with one attached hydrogen (secondary N) is 1. The highest BCUT2D eigenvalue weighted by Gasteiger charge is 2.21. The van der Waals surface area contributed by atoms with Crippen molar-refractivity contribution in [1.29, 1.82) is 0 Å². The van der Waals surface area contributed by atoms with Gasteiger partial charge < -0.3 is 15.1 Å². The molecule has 1 heterocycles. The van der Waals surface area contributed by atoms with Crippen molar-refractivity contribution in [1.82, 2.24) is 14.7 Å². The first-order valence-electron chi connectivity index (χ1n) is 11.0. The summed E-state index contributed by atoms with van der Waals surface area (Å²) < 4.78 is 0. The molecule has 0 fully saturated rings. The molecule has 0 atom stereocenters. The van der Waals surface area contributed by atoms with Gasteiger partial charge in [-0.15, -0.1) is 0 Å². The van der Waals surface area contributed by atoms with Gasteiger partial charge in [-0.25, -0.2) is 0 Å². The van der Waals surface area contributed by atoms with Crippen molar-refractivity contribution in [2.45, 2.75) is 39.4 Å². The maximum atomic E-state index is 13.1. The Balaban J connectivity index is 1.65. The van der Waals surface area contributed by atoms with E-state index in [1.807, 2.05) is 37.2 Å². The van der Waals surface area contributed by atoms with Gasteiger partial charge in [0.05, 0.1) is 6.54 Å². The smallest absolute Gasteiger partial charge is 0.242 e. The summed E-state index contributed by atoms with van der Waals surface area (Å²) in [5.41, 5.74) is 5.01. The Morgan fingerprint density at radius 1 is 1.07 bits per heavy atom. The Morgan fingerprint density at radius 3 is 2.53 bits per heavy atom. The molecular formula is C25H36N4O. The molecule has 0 aliphatic carbocycles. The van der Waals surface area contributed by atoms with Crippen LogP contribution in [-0.2, 0) is 24.3 Å². The molecule has 2 aromatic carbocycles. The van der Waals surface area contributed by atoms with Crippen molar-refractivity contribution in [2.75, 3.05) is 45.6 Å². The number of likely N-dealkylation sites (N-methyl/N-ethyl adjacent to an activating group) is 1. The van der Waals surface area contributed by atoms with E-state index in [0.29, 0.717) is 19.1 Å². The largest absolute Gasteiger partial charge is 0.376 e. The number of nitrogens with zero attached hydrogens (tertiary/aromatic N) is 3. The monoisotopic (exact) mass is 408 g/mol. The zero-order chi connectivity index (χ0) is 21.5. The molecule has 0 unspecified atom stereocenters. The lowest BCUT2D eigenvalue weighted by atomic mass is 9.97. The summed E-state index contributed by atoms with van der Waals surface area (Å²) in [6.45, 7) is 9.10. The molecule has 2 aromatic rings. The van der Waals surface area contributed by atoms with Gasteiger partial charge >= 0.3 is 0 Å². The first kappa shape index (κ1) is 22.3. The van der Waals surface area contributed by atoms with Crippen LogP contribution in [0, 0.1) is 0 Å². The number of carbonyl (C=O) groups is 1. The van der Waals surface area contributed by atoms with Crippen molar-refractivity contribution < 1.29 is 4.79 Å². The molecule has 5 heteroatoms. The molecule has 1 aliphatic heterocycles. The molecule has 1 amide bonds. The summed E-state index contributed by atoms with van der Waals surface area (Å²) in [6.07, 6.45) is 1.03. The summed E-state index contributed by atoms with van der Waals surface area (Å²) in [6, 6.07) is 17.2. The molecule has 0 aromatic heterocycles. The van der Waals surface area contributed by atoms with Crippen LogP contribution >= 0.6 is 0 Å². The number of rotatable bonds is 9. The highest BCUT2D eigenvalue weighted by molar-refractivity contribution is 5.81. The van der Waals surface area contributed by atoms with E-state index < -0.39 is 0 Å². The van der Waals surface area contributed by atoms with Gasteiger partial charge in [-0.3, -0.25) is 9.69 Å². The highest BCUT2D eigenvalue weighted by atomic mass is 16.2. The summed E-state index contributed by atoms with van der Waals surface area (Å²) in [5, 5.41) is 3.45.